The van der Waals surface area contributed by atoms with Crippen molar-refractivity contribution >= 4 is 95.2 Å². The second-order valence-corrected chi connectivity index (χ2v) is 17.1. The van der Waals surface area contributed by atoms with Crippen molar-refractivity contribution in [1.82, 2.24) is 29.6 Å². The number of hydrogen-bond acceptors (Lipinski definition) is 8. The Morgan fingerprint density at radius 1 is 0.353 bits per heavy atom. The van der Waals surface area contributed by atoms with Gasteiger partial charge in [0.05, 0.1) is 7.91 Å². The maximum atomic E-state index is 4.53. The molecule has 0 bridgehead atoms. The summed E-state index contributed by atoms with van der Waals surface area (Å²) in [5.41, 5.74) is 0. The predicted molar refractivity (Wildman–Crippen MR) is 218 cm³/mol. The van der Waals surface area contributed by atoms with Gasteiger partial charge in [-0.1, -0.05) is 206 Å². The number of aromatic nitrogens is 6. The largest absolute Gasteiger partial charge is 2.00 e. The second-order valence-electron chi connectivity index (χ2n) is 9.94. The molecule has 0 aliphatic heterocycles. The van der Waals surface area contributed by atoms with Gasteiger partial charge in [-0.2, -0.15) is 0 Å². The van der Waals surface area contributed by atoms with E-state index >= 15 is 0 Å². The fraction of sp³-hybridized carbons (Fsp3) is 0. The van der Waals surface area contributed by atoms with Gasteiger partial charge in [-0.25, -0.2) is 0 Å². The normalized spacial score (nSPS) is 9.92. The molecule has 0 atom stereocenters. The van der Waals surface area contributed by atoms with E-state index in [2.05, 4.69) is 236 Å². The van der Waals surface area contributed by atoms with Crippen LogP contribution in [-0.4, -0.2) is 19.4 Å². The fourth-order valence-corrected chi connectivity index (χ4v) is 9.92. The molecule has 256 valence electrons. The zero-order valence-electron chi connectivity index (χ0n) is 26.8. The zero-order chi connectivity index (χ0) is 34.6. The molecular formula is C38H30N6P2PdS4. The van der Waals surface area contributed by atoms with Gasteiger partial charge in [0.25, 0.3) is 0 Å². The van der Waals surface area contributed by atoms with Crippen LogP contribution in [0.3, 0.4) is 0 Å². The van der Waals surface area contributed by atoms with Crippen LogP contribution in [-0.2, 0) is 20.4 Å². The van der Waals surface area contributed by atoms with Crippen LogP contribution < -0.4 is 42.0 Å². The van der Waals surface area contributed by atoms with Gasteiger partial charge in [0.2, 0.25) is 0 Å². The van der Waals surface area contributed by atoms with E-state index < -0.39 is 15.8 Å². The van der Waals surface area contributed by atoms with Gasteiger partial charge in [0.1, 0.15) is 0 Å². The van der Waals surface area contributed by atoms with Gasteiger partial charge in [0, 0.05) is 0 Å². The molecule has 51 heavy (non-hydrogen) atoms. The van der Waals surface area contributed by atoms with E-state index in [0.29, 0.717) is 7.91 Å². The van der Waals surface area contributed by atoms with E-state index in [1.54, 1.807) is 0 Å². The van der Waals surface area contributed by atoms with Crippen LogP contribution in [0.1, 0.15) is 0 Å². The third-order valence-corrected chi connectivity index (χ3v) is 12.9. The molecule has 0 fully saturated rings. The van der Waals surface area contributed by atoms with Gasteiger partial charge in [-0.3, -0.25) is 10.4 Å². The van der Waals surface area contributed by atoms with Crippen LogP contribution in [0.5, 0.6) is 0 Å². The van der Waals surface area contributed by atoms with Gasteiger partial charge >= 0.3 is 20.4 Å². The molecule has 0 saturated carbocycles. The predicted octanol–water partition coefficient (Wildman–Crippen LogP) is 7.34. The molecule has 0 N–H and O–H groups in total. The quantitative estimate of drug-likeness (QED) is 0.0978. The minimum absolute atomic E-state index is 0. The minimum atomic E-state index is -0.446. The topological polar surface area (TPSA) is 79.8 Å². The first-order valence-electron chi connectivity index (χ1n) is 15.2. The molecule has 0 spiro atoms. The summed E-state index contributed by atoms with van der Waals surface area (Å²) in [5.74, 6) is 0. The van der Waals surface area contributed by atoms with E-state index in [-0.39, 0.29) is 20.4 Å². The molecule has 0 unspecified atom stereocenters. The zero-order valence-corrected chi connectivity index (χ0v) is 33.5. The first kappa shape index (κ1) is 40.0. The van der Waals surface area contributed by atoms with Crippen molar-refractivity contribution in [3.05, 3.63) is 190 Å². The van der Waals surface area contributed by atoms with Crippen molar-refractivity contribution in [2.45, 2.75) is 0 Å². The maximum Gasteiger partial charge on any atom is 2.00 e. The molecule has 8 rings (SSSR count). The Morgan fingerprint density at radius 3 is 0.667 bits per heavy atom. The van der Waals surface area contributed by atoms with E-state index in [0.717, 1.165) is 23.1 Å². The summed E-state index contributed by atoms with van der Waals surface area (Å²) in [6, 6.07) is 64.7. The summed E-state index contributed by atoms with van der Waals surface area (Å²) in [6.45, 7) is 0. The van der Waals surface area contributed by atoms with Crippen LogP contribution in [0.2, 0.25) is 0 Å². The average molecular weight is 867 g/mol. The number of hydrogen-bond donors (Lipinski definition) is 0. The third kappa shape index (κ3) is 13.4. The molecule has 2 aromatic heterocycles. The third-order valence-electron chi connectivity index (χ3n) is 6.65. The first-order valence-corrected chi connectivity index (χ1v) is 20.3. The van der Waals surface area contributed by atoms with Crippen molar-refractivity contribution in [3.63, 3.8) is 0 Å². The Bertz CT molecular complexity index is 1790. The Hall–Kier alpha value is -3.74. The summed E-state index contributed by atoms with van der Waals surface area (Å²) in [4.78, 5) is 0. The molecule has 0 aliphatic carbocycles. The van der Waals surface area contributed by atoms with Crippen LogP contribution in [0.4, 0.5) is 0 Å². The van der Waals surface area contributed by atoms with Crippen LogP contribution in [0.15, 0.2) is 182 Å². The monoisotopic (exact) mass is 866 g/mol. The molecule has 6 nitrogen and oxygen atoms in total. The standard InChI is InChI=1S/2C18H15P.2CHN3S2.Pd/c2*1-4-10-16(11-5-1)19(17-12-6-2-7-13-17)18-14-8-3-9-15-18;2*5-1-2-3-4-6-1;/h2*1-15H;2*(H,2,4,5);/q;;;;+2/p-2. The van der Waals surface area contributed by atoms with Crippen molar-refractivity contribution in [1.29, 1.82) is 0 Å². The van der Waals surface area contributed by atoms with Gasteiger partial charge in [-0.05, 0) is 47.7 Å². The molecule has 8 aromatic rings. The van der Waals surface area contributed by atoms with Crippen LogP contribution >= 0.6 is 63.3 Å². The van der Waals surface area contributed by atoms with Gasteiger partial charge in [-0.15, -0.1) is 23.1 Å². The first-order chi connectivity index (χ1) is 24.7. The molecule has 6 aromatic carbocycles. The maximum absolute atomic E-state index is 4.53. The molecule has 2 heterocycles. The molecule has 0 radical (unpaired) electrons. The van der Waals surface area contributed by atoms with Gasteiger partial charge in [0.15, 0.2) is 0 Å². The number of benzene rings is 6. The summed E-state index contributed by atoms with van der Waals surface area (Å²) < 4.78 is 7.79. The minimum Gasteiger partial charge on any atom is -0.330 e. The van der Waals surface area contributed by atoms with Crippen molar-refractivity contribution in [2.24, 2.45) is 0 Å². The van der Waals surface area contributed by atoms with E-state index in [1.165, 1.54) is 31.8 Å². The summed E-state index contributed by atoms with van der Waals surface area (Å²) in [7, 11) is -0.892. The fourth-order valence-electron chi connectivity index (χ4n) is 4.61. The van der Waals surface area contributed by atoms with Gasteiger partial charge < -0.3 is 19.2 Å². The van der Waals surface area contributed by atoms with Crippen molar-refractivity contribution < 1.29 is 20.4 Å². The molecular weight excluding hydrogens is 837 g/mol. The Labute approximate surface area is 332 Å². The van der Waals surface area contributed by atoms with E-state index in [4.69, 9.17) is 0 Å². The Morgan fingerprint density at radius 2 is 0.549 bits per heavy atom. The molecule has 0 amide bonds. The smallest absolute Gasteiger partial charge is 0.330 e. The van der Waals surface area contributed by atoms with Crippen molar-refractivity contribution in [3.8, 4) is 0 Å². The number of nitrogens with zero attached hydrogens (tertiary/aromatic N) is 6. The average Bonchev–Trinajstić information content (AvgIpc) is 3.89. The second kappa shape index (κ2) is 23.0. The summed E-state index contributed by atoms with van der Waals surface area (Å²) in [5, 5.41) is 21.6. The van der Waals surface area contributed by atoms with Crippen LogP contribution in [0, 0.1) is 7.91 Å². The van der Waals surface area contributed by atoms with E-state index in [1.807, 2.05) is 0 Å². The summed E-state index contributed by atoms with van der Waals surface area (Å²) in [6.07, 6.45) is 0. The number of rotatable bonds is 6. The molecule has 13 heteroatoms. The Kier molecular flexibility index (Phi) is 18.0. The molecule has 0 aliphatic rings. The Balaban J connectivity index is 0.000000171. The van der Waals surface area contributed by atoms with Crippen LogP contribution in [0.25, 0.3) is 0 Å². The van der Waals surface area contributed by atoms with E-state index in [9.17, 15) is 0 Å². The molecule has 0 saturated heterocycles. The summed E-state index contributed by atoms with van der Waals surface area (Å²) >= 11 is 11.3. The SMILES string of the molecule is S=c1[n-]nns1.S=c1[n-]nns1.[Pd+2].c1ccc(P(c2ccccc2)c2ccccc2)cc1.c1ccc(P(c2ccccc2)c2ccccc2)cc1. The van der Waals surface area contributed by atoms with Crippen molar-refractivity contribution in [2.75, 3.05) is 0 Å².